The third-order valence-electron chi connectivity index (χ3n) is 3.30. The smallest absolute Gasteiger partial charge is 0.339 e. The molecule has 114 valence electrons. The molecule has 1 heterocycles. The molecule has 1 aromatic rings. The fraction of sp³-hybridized carbons (Fsp3) is 0.429. The van der Waals surface area contributed by atoms with E-state index in [9.17, 15) is 9.59 Å². The lowest BCUT2D eigenvalue weighted by Gasteiger charge is -2.13. The lowest BCUT2D eigenvalue weighted by atomic mass is 10.1. The molecule has 0 saturated carbocycles. The summed E-state index contributed by atoms with van der Waals surface area (Å²) in [6.07, 6.45) is 0.806. The van der Waals surface area contributed by atoms with E-state index in [1.165, 1.54) is 19.2 Å². The van der Waals surface area contributed by atoms with Crippen LogP contribution in [0.15, 0.2) is 18.2 Å². The van der Waals surface area contributed by atoms with Crippen molar-refractivity contribution < 1.29 is 19.1 Å². The van der Waals surface area contributed by atoms with Crippen molar-refractivity contribution in [2.45, 2.75) is 25.0 Å². The van der Waals surface area contributed by atoms with E-state index in [1.807, 2.05) is 0 Å². The van der Waals surface area contributed by atoms with Gasteiger partial charge in [-0.3, -0.25) is 4.79 Å². The number of halogens is 1. The molecule has 2 atom stereocenters. The van der Waals surface area contributed by atoms with Crippen molar-refractivity contribution in [1.82, 2.24) is 0 Å². The van der Waals surface area contributed by atoms with Gasteiger partial charge in [-0.1, -0.05) is 11.6 Å². The molecule has 1 aromatic carbocycles. The van der Waals surface area contributed by atoms with Crippen LogP contribution in [0, 0.1) is 0 Å². The molecule has 2 unspecified atom stereocenters. The molecular formula is C14H17ClN2O4. The molecular weight excluding hydrogens is 296 g/mol. The highest BCUT2D eigenvalue weighted by molar-refractivity contribution is 6.33. The molecule has 2 rings (SSSR count). The fourth-order valence-corrected chi connectivity index (χ4v) is 2.36. The van der Waals surface area contributed by atoms with Gasteiger partial charge in [0.05, 0.1) is 23.8 Å². The number of hydrogen-bond acceptors (Lipinski definition) is 5. The molecule has 6 nitrogen and oxygen atoms in total. The van der Waals surface area contributed by atoms with Gasteiger partial charge in [-0.05, 0) is 31.0 Å². The second-order valence-corrected chi connectivity index (χ2v) is 5.14. The van der Waals surface area contributed by atoms with E-state index in [4.69, 9.17) is 22.1 Å². The van der Waals surface area contributed by atoms with Crippen molar-refractivity contribution in [2.75, 3.05) is 19.0 Å². The molecule has 1 fully saturated rings. The number of carbonyl (C=O) groups is 2. The molecule has 21 heavy (non-hydrogen) atoms. The minimum atomic E-state index is -0.559. The van der Waals surface area contributed by atoms with Crippen molar-refractivity contribution in [2.24, 2.45) is 5.73 Å². The van der Waals surface area contributed by atoms with E-state index in [0.29, 0.717) is 18.7 Å². The number of benzene rings is 1. The Bertz CT molecular complexity index is 550. The Labute approximate surface area is 127 Å². The standard InChI is InChI=1S/C14H17ClN2O4/c1-20-14(19)10-6-8(2-4-11(10)15)17-13(18)12-5-3-9(7-16)21-12/h2,4,6,9,12H,3,5,7,16H2,1H3,(H,17,18). The summed E-state index contributed by atoms with van der Waals surface area (Å²) in [7, 11) is 1.27. The second-order valence-electron chi connectivity index (χ2n) is 4.74. The number of amides is 1. The van der Waals surface area contributed by atoms with Crippen LogP contribution in [0.4, 0.5) is 5.69 Å². The van der Waals surface area contributed by atoms with Crippen molar-refractivity contribution in [3.8, 4) is 0 Å². The van der Waals surface area contributed by atoms with Gasteiger partial charge in [-0.25, -0.2) is 4.79 Å². The summed E-state index contributed by atoms with van der Waals surface area (Å²) >= 11 is 5.92. The summed E-state index contributed by atoms with van der Waals surface area (Å²) < 4.78 is 10.1. The topological polar surface area (TPSA) is 90.7 Å². The number of nitrogens with one attached hydrogen (secondary N) is 1. The Morgan fingerprint density at radius 2 is 2.24 bits per heavy atom. The number of anilines is 1. The number of esters is 1. The zero-order chi connectivity index (χ0) is 15.4. The van der Waals surface area contributed by atoms with Gasteiger partial charge in [0, 0.05) is 12.2 Å². The van der Waals surface area contributed by atoms with Gasteiger partial charge >= 0.3 is 5.97 Å². The largest absolute Gasteiger partial charge is 0.465 e. The van der Waals surface area contributed by atoms with Crippen LogP contribution in [0.1, 0.15) is 23.2 Å². The predicted octanol–water partition coefficient (Wildman–Crippen LogP) is 1.57. The first kappa shape index (κ1) is 15.8. The number of carbonyl (C=O) groups excluding carboxylic acids is 2. The molecule has 0 radical (unpaired) electrons. The van der Waals surface area contributed by atoms with Crippen molar-refractivity contribution in [1.29, 1.82) is 0 Å². The first-order valence-corrected chi connectivity index (χ1v) is 6.97. The SMILES string of the molecule is COC(=O)c1cc(NC(=O)C2CCC(CN)O2)ccc1Cl. The molecule has 0 bridgehead atoms. The molecule has 1 saturated heterocycles. The quantitative estimate of drug-likeness (QED) is 0.824. The van der Waals surface area contributed by atoms with Crippen LogP contribution in [-0.4, -0.2) is 37.7 Å². The van der Waals surface area contributed by atoms with Crippen molar-refractivity contribution >= 4 is 29.2 Å². The Morgan fingerprint density at radius 1 is 1.48 bits per heavy atom. The summed E-state index contributed by atoms with van der Waals surface area (Å²) in [4.78, 5) is 23.6. The van der Waals surface area contributed by atoms with E-state index in [0.717, 1.165) is 6.42 Å². The van der Waals surface area contributed by atoms with Gasteiger partial charge in [0.2, 0.25) is 0 Å². The fourth-order valence-electron chi connectivity index (χ4n) is 2.16. The molecule has 1 amide bonds. The maximum absolute atomic E-state index is 12.1. The molecule has 1 aliphatic rings. The Hall–Kier alpha value is -1.63. The Morgan fingerprint density at radius 3 is 2.86 bits per heavy atom. The summed E-state index contributed by atoms with van der Waals surface area (Å²) in [5.41, 5.74) is 6.17. The molecule has 0 spiro atoms. The third kappa shape index (κ3) is 3.72. The predicted molar refractivity (Wildman–Crippen MR) is 78.4 cm³/mol. The lowest BCUT2D eigenvalue weighted by molar-refractivity contribution is -0.126. The highest BCUT2D eigenvalue weighted by Gasteiger charge is 2.30. The molecule has 3 N–H and O–H groups in total. The van der Waals surface area contributed by atoms with Crippen molar-refractivity contribution in [3.05, 3.63) is 28.8 Å². The van der Waals surface area contributed by atoms with E-state index in [1.54, 1.807) is 6.07 Å². The van der Waals surface area contributed by atoms with Gasteiger partial charge in [-0.2, -0.15) is 0 Å². The van der Waals surface area contributed by atoms with Gasteiger partial charge < -0.3 is 20.5 Å². The number of methoxy groups -OCH3 is 1. The normalized spacial score (nSPS) is 21.1. The highest BCUT2D eigenvalue weighted by atomic mass is 35.5. The third-order valence-corrected chi connectivity index (χ3v) is 3.63. The first-order chi connectivity index (χ1) is 10.0. The molecule has 0 aromatic heterocycles. The van der Waals surface area contributed by atoms with Crippen LogP contribution >= 0.6 is 11.6 Å². The summed E-state index contributed by atoms with van der Waals surface area (Å²) in [5.74, 6) is -0.819. The van der Waals surface area contributed by atoms with E-state index < -0.39 is 12.1 Å². The van der Waals surface area contributed by atoms with Crippen LogP contribution in [0.25, 0.3) is 0 Å². The number of rotatable bonds is 4. The minimum Gasteiger partial charge on any atom is -0.465 e. The van der Waals surface area contributed by atoms with E-state index in [-0.39, 0.29) is 22.6 Å². The van der Waals surface area contributed by atoms with Crippen LogP contribution in [0.5, 0.6) is 0 Å². The maximum Gasteiger partial charge on any atom is 0.339 e. The molecule has 0 aliphatic carbocycles. The zero-order valence-electron chi connectivity index (χ0n) is 11.6. The monoisotopic (exact) mass is 312 g/mol. The molecule has 1 aliphatic heterocycles. The van der Waals surface area contributed by atoms with Gasteiger partial charge in [0.15, 0.2) is 0 Å². The minimum absolute atomic E-state index is 0.0726. The van der Waals surface area contributed by atoms with Gasteiger partial charge in [0.1, 0.15) is 6.10 Å². The Kier molecular flexibility index (Phi) is 5.17. The average molecular weight is 313 g/mol. The second kappa shape index (κ2) is 6.89. The van der Waals surface area contributed by atoms with Crippen LogP contribution in [-0.2, 0) is 14.3 Å². The Balaban J connectivity index is 2.06. The van der Waals surface area contributed by atoms with E-state index in [2.05, 4.69) is 10.1 Å². The first-order valence-electron chi connectivity index (χ1n) is 6.59. The van der Waals surface area contributed by atoms with E-state index >= 15 is 0 Å². The molecule has 7 heteroatoms. The van der Waals surface area contributed by atoms with Gasteiger partial charge in [-0.15, -0.1) is 0 Å². The number of nitrogens with two attached hydrogens (primary N) is 1. The van der Waals surface area contributed by atoms with Crippen molar-refractivity contribution in [3.63, 3.8) is 0 Å². The summed E-state index contributed by atoms with van der Waals surface area (Å²) in [6.45, 7) is 0.400. The average Bonchev–Trinajstić information content (AvgIpc) is 2.97. The van der Waals surface area contributed by atoms with Crippen LogP contribution in [0.3, 0.4) is 0 Å². The summed E-state index contributed by atoms with van der Waals surface area (Å²) in [5, 5.41) is 2.97. The van der Waals surface area contributed by atoms with Crippen LogP contribution in [0.2, 0.25) is 5.02 Å². The highest BCUT2D eigenvalue weighted by Crippen LogP contribution is 2.23. The number of hydrogen-bond donors (Lipinski definition) is 2. The van der Waals surface area contributed by atoms with Gasteiger partial charge in [0.25, 0.3) is 5.91 Å². The number of ether oxygens (including phenoxy) is 2. The summed E-state index contributed by atoms with van der Waals surface area (Å²) in [6, 6.07) is 4.62. The maximum atomic E-state index is 12.1. The lowest BCUT2D eigenvalue weighted by Crippen LogP contribution is -2.29. The van der Waals surface area contributed by atoms with Crippen LogP contribution < -0.4 is 11.1 Å². The zero-order valence-corrected chi connectivity index (χ0v) is 12.4.